The van der Waals surface area contributed by atoms with E-state index in [9.17, 15) is 9.59 Å². The number of rotatable bonds is 6. The number of carbonyl (C=O) groups excluding carboxylic acids is 2. The fraction of sp³-hybridized carbons (Fsp3) is 0.346. The molecule has 0 saturated carbocycles. The molecule has 3 aromatic rings. The van der Waals surface area contributed by atoms with Crippen LogP contribution in [0.25, 0.3) is 11.1 Å². The predicted molar refractivity (Wildman–Crippen MR) is 133 cm³/mol. The molecule has 11 heteroatoms. The lowest BCUT2D eigenvalue weighted by Gasteiger charge is -2.36. The van der Waals surface area contributed by atoms with Crippen molar-refractivity contribution >= 4 is 29.1 Å². The number of aromatic nitrogens is 1. The minimum Gasteiger partial charge on any atom is -0.463 e. The first-order chi connectivity index (χ1) is 18.1. The minimum atomic E-state index is -0.682. The number of para-hydroxylation sites is 2. The summed E-state index contributed by atoms with van der Waals surface area (Å²) in [5, 5.41) is 5.72. The minimum absolute atomic E-state index is 0.138. The molecule has 0 aliphatic carbocycles. The van der Waals surface area contributed by atoms with E-state index >= 15 is 0 Å². The van der Waals surface area contributed by atoms with Crippen LogP contribution in [0.1, 0.15) is 18.5 Å². The molecular weight excluding hydrogens is 478 g/mol. The average Bonchev–Trinajstić information content (AvgIpc) is 3.55. The van der Waals surface area contributed by atoms with Gasteiger partial charge in [-0.05, 0) is 36.8 Å². The van der Waals surface area contributed by atoms with Gasteiger partial charge in [0.1, 0.15) is 5.52 Å². The van der Waals surface area contributed by atoms with Crippen molar-refractivity contribution in [2.75, 3.05) is 51.0 Å². The van der Waals surface area contributed by atoms with Gasteiger partial charge in [0.05, 0.1) is 18.2 Å². The number of urea groups is 1. The van der Waals surface area contributed by atoms with Crippen LogP contribution >= 0.6 is 0 Å². The van der Waals surface area contributed by atoms with Gasteiger partial charge in [0.2, 0.25) is 6.79 Å². The highest BCUT2D eigenvalue weighted by Gasteiger charge is 2.35. The Hall–Kier alpha value is -4.25. The molecule has 1 aromatic heterocycles. The van der Waals surface area contributed by atoms with E-state index < -0.39 is 12.0 Å². The summed E-state index contributed by atoms with van der Waals surface area (Å²) in [6, 6.07) is 12.6. The Balaban J connectivity index is 1.23. The van der Waals surface area contributed by atoms with E-state index in [2.05, 4.69) is 25.4 Å². The van der Waals surface area contributed by atoms with Crippen LogP contribution in [0.4, 0.5) is 10.8 Å². The molecule has 1 fully saturated rings. The van der Waals surface area contributed by atoms with Crippen LogP contribution in [-0.4, -0.2) is 68.0 Å². The van der Waals surface area contributed by atoms with E-state index in [1.807, 2.05) is 30.3 Å². The topological polar surface area (TPSA) is 118 Å². The van der Waals surface area contributed by atoms with Gasteiger partial charge in [-0.3, -0.25) is 4.90 Å². The van der Waals surface area contributed by atoms with E-state index in [-0.39, 0.29) is 19.4 Å². The lowest BCUT2D eigenvalue weighted by atomic mass is 9.94. The number of benzene rings is 2. The summed E-state index contributed by atoms with van der Waals surface area (Å²) < 4.78 is 22.2. The van der Waals surface area contributed by atoms with Crippen molar-refractivity contribution < 1.29 is 28.2 Å². The molecule has 1 atom stereocenters. The molecule has 1 saturated heterocycles. The van der Waals surface area contributed by atoms with Gasteiger partial charge in [-0.1, -0.05) is 18.2 Å². The van der Waals surface area contributed by atoms with Crippen LogP contribution in [-0.2, 0) is 9.53 Å². The van der Waals surface area contributed by atoms with Crippen molar-refractivity contribution in [3.63, 3.8) is 0 Å². The highest BCUT2D eigenvalue weighted by Crippen LogP contribution is 2.37. The third-order valence-electron chi connectivity index (χ3n) is 6.69. The van der Waals surface area contributed by atoms with Gasteiger partial charge in [-0.15, -0.1) is 0 Å². The van der Waals surface area contributed by atoms with Crippen LogP contribution in [0.15, 0.2) is 58.2 Å². The summed E-state index contributed by atoms with van der Waals surface area (Å²) in [7, 11) is 0. The molecule has 0 radical (unpaired) electrons. The monoisotopic (exact) mass is 505 g/mol. The zero-order valence-electron chi connectivity index (χ0n) is 20.4. The second kappa shape index (κ2) is 9.66. The fourth-order valence-corrected chi connectivity index (χ4v) is 4.85. The second-order valence-corrected chi connectivity index (χ2v) is 8.98. The maximum atomic E-state index is 13.1. The summed E-state index contributed by atoms with van der Waals surface area (Å²) in [6.45, 7) is 5.32. The molecule has 192 valence electrons. The van der Waals surface area contributed by atoms with Crippen molar-refractivity contribution in [2.24, 2.45) is 0 Å². The highest BCUT2D eigenvalue weighted by atomic mass is 16.7. The number of ether oxygens (including phenoxy) is 3. The lowest BCUT2D eigenvalue weighted by Crippen LogP contribution is -2.51. The third kappa shape index (κ3) is 4.53. The van der Waals surface area contributed by atoms with Gasteiger partial charge < -0.3 is 34.2 Å². The van der Waals surface area contributed by atoms with Crippen molar-refractivity contribution in [3.8, 4) is 11.5 Å². The zero-order valence-corrected chi connectivity index (χ0v) is 20.4. The maximum absolute atomic E-state index is 13.1. The van der Waals surface area contributed by atoms with Crippen molar-refractivity contribution in [2.45, 2.75) is 13.0 Å². The van der Waals surface area contributed by atoms with E-state index in [1.54, 1.807) is 19.1 Å². The molecule has 2 N–H and O–H groups in total. The number of hydrogen-bond donors (Lipinski definition) is 2. The standard InChI is InChI=1S/C26H27N5O6/c1-2-34-24(32)22-18(27-25(33)29-23(22)16-7-8-20-21(13-16)36-15-35-20)14-30-9-11-31(12-10-30)26-28-17-5-3-4-6-19(17)37-26/h3-8,13,23H,2,9-12,14-15H2,1H3,(H2,27,29,33)/t23-/m0/s1. The quantitative estimate of drug-likeness (QED) is 0.487. The molecule has 0 unspecified atom stereocenters. The van der Waals surface area contributed by atoms with E-state index in [1.165, 1.54) is 0 Å². The summed E-state index contributed by atoms with van der Waals surface area (Å²) in [5.74, 6) is 0.728. The Morgan fingerprint density at radius 1 is 1.11 bits per heavy atom. The molecule has 3 aliphatic rings. The van der Waals surface area contributed by atoms with Crippen LogP contribution in [0.2, 0.25) is 0 Å². The summed E-state index contributed by atoms with van der Waals surface area (Å²) in [5.41, 5.74) is 3.20. The number of amides is 2. The maximum Gasteiger partial charge on any atom is 0.338 e. The van der Waals surface area contributed by atoms with Crippen molar-refractivity contribution in [1.82, 2.24) is 20.5 Å². The van der Waals surface area contributed by atoms with Gasteiger partial charge in [0, 0.05) is 38.4 Å². The molecule has 11 nitrogen and oxygen atoms in total. The van der Waals surface area contributed by atoms with E-state index in [0.29, 0.717) is 67.1 Å². The molecule has 0 bridgehead atoms. The lowest BCUT2D eigenvalue weighted by molar-refractivity contribution is -0.139. The first-order valence-corrected chi connectivity index (χ1v) is 12.3. The Bertz CT molecular complexity index is 1340. The number of piperazine rings is 1. The SMILES string of the molecule is CCOC(=O)C1=C(CN2CCN(c3nc4ccccc4o3)CC2)NC(=O)N[C@H]1c1ccc2c(c1)OCO2. The number of anilines is 1. The van der Waals surface area contributed by atoms with E-state index in [4.69, 9.17) is 18.6 Å². The number of oxazole rings is 1. The zero-order chi connectivity index (χ0) is 25.4. The average molecular weight is 506 g/mol. The molecule has 2 amide bonds. The number of esters is 1. The van der Waals surface area contributed by atoms with Gasteiger partial charge in [0.15, 0.2) is 17.1 Å². The van der Waals surface area contributed by atoms with Gasteiger partial charge in [0.25, 0.3) is 6.01 Å². The largest absolute Gasteiger partial charge is 0.463 e. The Labute approximate surface area is 213 Å². The predicted octanol–water partition coefficient (Wildman–Crippen LogP) is 2.55. The van der Waals surface area contributed by atoms with Crippen molar-refractivity contribution in [3.05, 3.63) is 59.3 Å². The number of hydrogen-bond acceptors (Lipinski definition) is 9. The molecule has 0 spiro atoms. The fourth-order valence-electron chi connectivity index (χ4n) is 4.85. The van der Waals surface area contributed by atoms with Crippen LogP contribution < -0.4 is 25.0 Å². The highest BCUT2D eigenvalue weighted by molar-refractivity contribution is 5.95. The summed E-state index contributed by atoms with van der Waals surface area (Å²) in [4.78, 5) is 34.7. The molecule has 3 aliphatic heterocycles. The smallest absolute Gasteiger partial charge is 0.338 e. The number of nitrogens with one attached hydrogen (secondary N) is 2. The summed E-state index contributed by atoms with van der Waals surface area (Å²) in [6.07, 6.45) is 0. The summed E-state index contributed by atoms with van der Waals surface area (Å²) >= 11 is 0. The van der Waals surface area contributed by atoms with Gasteiger partial charge >= 0.3 is 12.0 Å². The molecule has 2 aromatic carbocycles. The van der Waals surface area contributed by atoms with Crippen LogP contribution in [0, 0.1) is 0 Å². The number of carbonyl (C=O) groups is 2. The van der Waals surface area contributed by atoms with E-state index in [0.717, 1.165) is 11.1 Å². The first-order valence-electron chi connectivity index (χ1n) is 12.3. The second-order valence-electron chi connectivity index (χ2n) is 8.98. The third-order valence-corrected chi connectivity index (χ3v) is 6.69. The Morgan fingerprint density at radius 3 is 2.73 bits per heavy atom. The van der Waals surface area contributed by atoms with Crippen LogP contribution in [0.3, 0.4) is 0 Å². The Kier molecular flexibility index (Phi) is 6.05. The van der Waals surface area contributed by atoms with Crippen molar-refractivity contribution in [1.29, 1.82) is 0 Å². The normalized spacial score (nSPS) is 19.6. The molecule has 6 rings (SSSR count). The first kappa shape index (κ1) is 23.2. The van der Waals surface area contributed by atoms with Gasteiger partial charge in [-0.2, -0.15) is 4.98 Å². The molecule has 37 heavy (non-hydrogen) atoms. The van der Waals surface area contributed by atoms with Gasteiger partial charge in [-0.25, -0.2) is 9.59 Å². The number of fused-ring (bicyclic) bond motifs is 2. The molecular formula is C26H27N5O6. The van der Waals surface area contributed by atoms with Crippen LogP contribution in [0.5, 0.6) is 11.5 Å². The Morgan fingerprint density at radius 2 is 1.92 bits per heavy atom. The number of nitrogens with zero attached hydrogens (tertiary/aromatic N) is 3. The molecule has 4 heterocycles.